The van der Waals surface area contributed by atoms with E-state index in [1.807, 2.05) is 69.6 Å². The summed E-state index contributed by atoms with van der Waals surface area (Å²) in [6, 6.07) is 159. The van der Waals surface area contributed by atoms with Gasteiger partial charge in [-0.25, -0.2) is 0 Å². The minimum Gasteiger partial charge on any atom is -0.456 e. The highest BCUT2D eigenvalue weighted by atomic mass is 32.1. The summed E-state index contributed by atoms with van der Waals surface area (Å²) in [7, 11) is 0. The number of thiophene rings is 4. The number of hydrogen-bond acceptors (Lipinski definition) is 6. The van der Waals surface area contributed by atoms with Crippen LogP contribution in [0.2, 0.25) is 0 Å². The smallest absolute Gasteiger partial charge is 0.135 e. The summed E-state index contributed by atoms with van der Waals surface area (Å²) in [4.78, 5) is 0. The number of furan rings is 2. The first-order valence-electron chi connectivity index (χ1n) is 46.8. The molecule has 12 heteroatoms. The molecule has 0 radical (unpaired) electrons. The van der Waals surface area contributed by atoms with Crippen molar-refractivity contribution in [3.63, 3.8) is 0 Å². The molecule has 0 aliphatic rings. The van der Waals surface area contributed by atoms with E-state index in [-0.39, 0.29) is 0 Å². The number of rotatable bonds is 6. The fourth-order valence-corrected chi connectivity index (χ4v) is 27.9. The Morgan fingerprint density at radius 3 is 0.826 bits per heavy atom. The van der Waals surface area contributed by atoms with Crippen LogP contribution in [0.3, 0.4) is 0 Å². The normalized spacial score (nSPS) is 12.3. The molecule has 8 nitrogen and oxygen atoms in total. The molecule has 33 rings (SSSR count). The van der Waals surface area contributed by atoms with Gasteiger partial charge in [-0.1, -0.05) is 261 Å². The van der Waals surface area contributed by atoms with E-state index >= 15 is 0 Å². The highest BCUT2D eigenvalue weighted by Gasteiger charge is 2.29. The van der Waals surface area contributed by atoms with Crippen molar-refractivity contribution in [2.75, 3.05) is 0 Å². The van der Waals surface area contributed by atoms with Gasteiger partial charge in [0.25, 0.3) is 0 Å². The molecule has 0 atom stereocenters. The predicted octanol–water partition coefficient (Wildman–Crippen LogP) is 36.9. The van der Waals surface area contributed by atoms with Gasteiger partial charge in [0.1, 0.15) is 22.3 Å². The number of nitrogens with zero attached hydrogens (tertiary/aromatic N) is 6. The summed E-state index contributed by atoms with van der Waals surface area (Å²) in [5, 5.41) is 30.2. The summed E-state index contributed by atoms with van der Waals surface area (Å²) in [5.41, 5.74) is 25.3. The molecular formula is C126H72N6O2S4. The van der Waals surface area contributed by atoms with Gasteiger partial charge in [-0.3, -0.25) is 0 Å². The Morgan fingerprint density at radius 2 is 0.413 bits per heavy atom. The lowest BCUT2D eigenvalue weighted by atomic mass is 10.1. The van der Waals surface area contributed by atoms with Gasteiger partial charge in [0.15, 0.2) is 0 Å². The largest absolute Gasteiger partial charge is 0.456 e. The lowest BCUT2D eigenvalue weighted by Crippen LogP contribution is -1.95. The molecule has 21 aromatic carbocycles. The molecule has 642 valence electrons. The molecule has 0 saturated heterocycles. The molecule has 0 N–H and O–H groups in total. The first-order chi connectivity index (χ1) is 68.5. The quantitative estimate of drug-likeness (QED) is 0.167. The maximum atomic E-state index is 6.21. The second-order valence-electron chi connectivity index (χ2n) is 36.3. The highest BCUT2D eigenvalue weighted by Crippen LogP contribution is 2.52. The molecule has 0 saturated carbocycles. The average Bonchev–Trinajstić information content (AvgIpc) is 1.54. The van der Waals surface area contributed by atoms with Gasteiger partial charge in [0.05, 0.1) is 87.0 Å². The van der Waals surface area contributed by atoms with Crippen molar-refractivity contribution in [2.24, 2.45) is 0 Å². The van der Waals surface area contributed by atoms with Crippen LogP contribution in [0.25, 0.3) is 290 Å². The van der Waals surface area contributed by atoms with Gasteiger partial charge in [-0.15, -0.1) is 45.3 Å². The molecule has 138 heavy (non-hydrogen) atoms. The van der Waals surface area contributed by atoms with Crippen LogP contribution in [0.1, 0.15) is 0 Å². The third kappa shape index (κ3) is 10.9. The van der Waals surface area contributed by atoms with E-state index < -0.39 is 0 Å². The van der Waals surface area contributed by atoms with Crippen molar-refractivity contribution in [3.05, 3.63) is 437 Å². The minimum absolute atomic E-state index is 0.898. The fourth-order valence-electron chi connectivity index (χ4n) is 23.4. The monoisotopic (exact) mass is 1830 g/mol. The zero-order valence-electron chi connectivity index (χ0n) is 73.7. The van der Waals surface area contributed by atoms with Crippen molar-refractivity contribution < 1.29 is 8.83 Å². The fraction of sp³-hybridized carbons (Fsp3) is 0. The molecular weight excluding hydrogens is 1760 g/mol. The van der Waals surface area contributed by atoms with Crippen LogP contribution < -0.4 is 0 Å². The molecule has 0 bridgehead atoms. The zero-order chi connectivity index (χ0) is 89.8. The number of para-hydroxylation sites is 8. The molecule has 12 aromatic heterocycles. The van der Waals surface area contributed by atoms with E-state index in [4.69, 9.17) is 8.83 Å². The second-order valence-corrected chi connectivity index (χ2v) is 40.6. The maximum absolute atomic E-state index is 6.21. The standard InChI is InChI=1S/C42H24N2O2.2C42H24N2S2/c1-5-13-34-27(9-1)30-19-20-36-41(42(30)44(34)26-18-22-40-33(24-26)29-11-4-8-16-38(29)46-40)31-12-2-6-14-35(31)43(36)25-17-21-39-32(23-25)28-10-3-7-15-37(28)45-39;1-5-17-32-25(11-1)28-23-24-34-39(40(28)44(32)36-20-10-16-30-27-13-4-8-22-38(27)46-42(30)36)31-14-2-6-18-33(31)43(34)35-19-9-15-29-26-12-3-7-21-37(26)45-41(29)35;1-5-13-34-27(9-1)30-19-20-36-41(42(30)44(34)26-18-22-40-33(24-26)29-11-4-8-16-38(29)46-40)31-12-2-6-14-35(31)43(36)25-17-21-39-32(23-25)28-10-3-7-15-37(28)45-39/h3*1-24H. The van der Waals surface area contributed by atoms with Crippen LogP contribution in [0.4, 0.5) is 0 Å². The Labute approximate surface area is 801 Å². The number of hydrogen-bond donors (Lipinski definition) is 0. The van der Waals surface area contributed by atoms with E-state index in [0.717, 1.165) is 55.3 Å². The topological polar surface area (TPSA) is 55.9 Å². The molecule has 33 aromatic rings. The lowest BCUT2D eigenvalue weighted by Gasteiger charge is -2.11. The van der Waals surface area contributed by atoms with Gasteiger partial charge in [-0.2, -0.15) is 0 Å². The van der Waals surface area contributed by atoms with Crippen LogP contribution in [-0.2, 0) is 0 Å². The maximum Gasteiger partial charge on any atom is 0.135 e. The molecule has 0 spiro atoms. The summed E-state index contributed by atoms with van der Waals surface area (Å²) < 4.78 is 37.9. The van der Waals surface area contributed by atoms with Gasteiger partial charge in [-0.05, 0) is 176 Å². The Morgan fingerprint density at radius 1 is 0.145 bits per heavy atom. The van der Waals surface area contributed by atoms with Crippen LogP contribution in [0.15, 0.2) is 446 Å². The van der Waals surface area contributed by atoms with Crippen molar-refractivity contribution in [3.8, 4) is 34.1 Å². The summed E-state index contributed by atoms with van der Waals surface area (Å²) in [6.07, 6.45) is 0. The number of benzene rings is 21. The van der Waals surface area contributed by atoms with Crippen molar-refractivity contribution in [1.82, 2.24) is 27.4 Å². The highest BCUT2D eigenvalue weighted by molar-refractivity contribution is 7.27. The molecule has 12 heterocycles. The molecule has 0 fully saturated rings. The zero-order valence-corrected chi connectivity index (χ0v) is 77.0. The molecule has 0 unspecified atom stereocenters. The Balaban J connectivity index is 0.0000000959. The van der Waals surface area contributed by atoms with Crippen LogP contribution in [0, 0.1) is 0 Å². The van der Waals surface area contributed by atoms with Crippen LogP contribution >= 0.6 is 45.3 Å². The minimum atomic E-state index is 0.898. The third-order valence-corrected chi connectivity index (χ3v) is 33.9. The summed E-state index contributed by atoms with van der Waals surface area (Å²) >= 11 is 7.52. The van der Waals surface area contributed by atoms with E-state index in [1.54, 1.807) is 0 Å². The predicted molar refractivity (Wildman–Crippen MR) is 591 cm³/mol. The Hall–Kier alpha value is -17.1. The Bertz CT molecular complexity index is 10700. The van der Waals surface area contributed by atoms with Crippen molar-refractivity contribution in [1.29, 1.82) is 0 Å². The number of fused-ring (bicyclic) bond motifs is 39. The lowest BCUT2D eigenvalue weighted by molar-refractivity contribution is 0.668. The first-order valence-corrected chi connectivity index (χ1v) is 50.1. The van der Waals surface area contributed by atoms with E-state index in [9.17, 15) is 0 Å². The van der Waals surface area contributed by atoms with Crippen molar-refractivity contribution in [2.45, 2.75) is 0 Å². The van der Waals surface area contributed by atoms with Crippen LogP contribution in [0.5, 0.6) is 0 Å². The van der Waals surface area contributed by atoms with Crippen LogP contribution in [-0.4, -0.2) is 27.4 Å². The summed E-state index contributed by atoms with van der Waals surface area (Å²) in [6.45, 7) is 0. The third-order valence-electron chi connectivity index (χ3n) is 29.1. The SMILES string of the molecule is c1ccc2c(c1)oc1ccc(-n3c4ccccc4c4c3ccc3c5ccccc5n(-c5ccc6oc7ccccc7c6c5)c34)cc12.c1ccc2c(c1)sc1c(-n3c4ccccc4c4c3ccc3c5ccccc5n(-c5cccc6c5sc5ccccc56)c34)cccc12.c1ccc2c(c1)sc1ccc(-n3c4ccccc4c4c3ccc3c5ccccc5n(-c5ccc6sc7ccccc7c6c5)c34)cc12. The Kier molecular flexibility index (Phi) is 16.2. The van der Waals surface area contributed by atoms with Gasteiger partial charge in [0.2, 0.25) is 0 Å². The van der Waals surface area contributed by atoms with Gasteiger partial charge >= 0.3 is 0 Å². The van der Waals surface area contributed by atoms with E-state index in [0.29, 0.717) is 0 Å². The van der Waals surface area contributed by atoms with Gasteiger partial charge < -0.3 is 36.2 Å². The average molecular weight is 1830 g/mol. The number of aromatic nitrogens is 6. The molecule has 0 amide bonds. The van der Waals surface area contributed by atoms with E-state index in [2.05, 4.69) is 440 Å². The van der Waals surface area contributed by atoms with Crippen molar-refractivity contribution >= 4 is 301 Å². The molecule has 0 aliphatic carbocycles. The molecule has 0 aliphatic heterocycles. The van der Waals surface area contributed by atoms with E-state index in [1.165, 1.54) is 234 Å². The van der Waals surface area contributed by atoms with Gasteiger partial charge in [0, 0.05) is 180 Å². The first kappa shape index (κ1) is 76.3. The summed E-state index contributed by atoms with van der Waals surface area (Å²) in [5.74, 6) is 0. The second kappa shape index (κ2) is 29.2.